The van der Waals surface area contributed by atoms with Crippen molar-refractivity contribution in [3.8, 4) is 0 Å². The van der Waals surface area contributed by atoms with Gasteiger partial charge in [-0.2, -0.15) is 0 Å². The zero-order valence-corrected chi connectivity index (χ0v) is 10.2. The summed E-state index contributed by atoms with van der Waals surface area (Å²) in [5, 5.41) is 30.8. The Bertz CT molecular complexity index is 421. The first-order valence-electron chi connectivity index (χ1n) is 5.32. The lowest BCUT2D eigenvalue weighted by Crippen LogP contribution is -2.49. The maximum absolute atomic E-state index is 10.8. The summed E-state index contributed by atoms with van der Waals surface area (Å²) in [5.74, 6) is 0. The van der Waals surface area contributed by atoms with E-state index in [1.165, 1.54) is 26.8 Å². The standard InChI is InChI=1S/C12H17NO4/c1-11(2,14)12(3,15)8-9-6-4-5-7-10(9)13(16)17/h4-7,14-15H,8H2,1-3H3. The van der Waals surface area contributed by atoms with Crippen LogP contribution in [0.1, 0.15) is 26.3 Å². The highest BCUT2D eigenvalue weighted by molar-refractivity contribution is 5.40. The molecule has 0 amide bonds. The van der Waals surface area contributed by atoms with Crippen LogP contribution in [-0.4, -0.2) is 26.3 Å². The van der Waals surface area contributed by atoms with E-state index in [9.17, 15) is 20.3 Å². The third-order valence-corrected chi connectivity index (χ3v) is 3.04. The average molecular weight is 239 g/mol. The minimum Gasteiger partial charge on any atom is -0.387 e. The first kappa shape index (κ1) is 13.6. The molecule has 0 heterocycles. The summed E-state index contributed by atoms with van der Waals surface area (Å²) in [7, 11) is 0. The molecule has 0 aliphatic carbocycles. The number of hydrogen-bond donors (Lipinski definition) is 2. The minimum absolute atomic E-state index is 0.0215. The van der Waals surface area contributed by atoms with Crippen molar-refractivity contribution < 1.29 is 15.1 Å². The van der Waals surface area contributed by atoms with Crippen LogP contribution < -0.4 is 0 Å². The highest BCUT2D eigenvalue weighted by Gasteiger charge is 2.38. The third kappa shape index (κ3) is 3.01. The van der Waals surface area contributed by atoms with Crippen molar-refractivity contribution in [2.75, 3.05) is 0 Å². The second-order valence-electron chi connectivity index (χ2n) is 4.90. The Labute approximate surface area is 99.9 Å². The molecule has 2 N–H and O–H groups in total. The van der Waals surface area contributed by atoms with Gasteiger partial charge in [-0.1, -0.05) is 18.2 Å². The second kappa shape index (κ2) is 4.43. The largest absolute Gasteiger partial charge is 0.387 e. The van der Waals surface area contributed by atoms with Crippen molar-refractivity contribution in [1.82, 2.24) is 0 Å². The van der Waals surface area contributed by atoms with Crippen LogP contribution in [0.15, 0.2) is 24.3 Å². The van der Waals surface area contributed by atoms with Crippen LogP contribution in [0.4, 0.5) is 5.69 Å². The van der Waals surface area contributed by atoms with Gasteiger partial charge in [0.05, 0.1) is 16.1 Å². The fraction of sp³-hybridized carbons (Fsp3) is 0.500. The van der Waals surface area contributed by atoms with E-state index in [4.69, 9.17) is 0 Å². The van der Waals surface area contributed by atoms with Gasteiger partial charge >= 0.3 is 0 Å². The van der Waals surface area contributed by atoms with Gasteiger partial charge in [0, 0.05) is 18.1 Å². The average Bonchev–Trinajstić information content (AvgIpc) is 2.15. The molecule has 1 atom stereocenters. The Balaban J connectivity index is 3.08. The molecule has 1 aromatic carbocycles. The van der Waals surface area contributed by atoms with Crippen LogP contribution in [-0.2, 0) is 6.42 Å². The molecule has 1 rings (SSSR count). The summed E-state index contributed by atoms with van der Waals surface area (Å²) < 4.78 is 0. The number of benzene rings is 1. The van der Waals surface area contributed by atoms with Crippen molar-refractivity contribution in [3.05, 3.63) is 39.9 Å². The van der Waals surface area contributed by atoms with Crippen molar-refractivity contribution in [1.29, 1.82) is 0 Å². The van der Waals surface area contributed by atoms with Crippen molar-refractivity contribution in [2.45, 2.75) is 38.4 Å². The van der Waals surface area contributed by atoms with Crippen LogP contribution in [0, 0.1) is 10.1 Å². The van der Waals surface area contributed by atoms with Crippen LogP contribution in [0.5, 0.6) is 0 Å². The van der Waals surface area contributed by atoms with E-state index in [1.54, 1.807) is 18.2 Å². The molecule has 0 fully saturated rings. The first-order chi connectivity index (χ1) is 7.65. The summed E-state index contributed by atoms with van der Waals surface area (Å²) in [4.78, 5) is 10.3. The highest BCUT2D eigenvalue weighted by atomic mass is 16.6. The molecular formula is C12H17NO4. The highest BCUT2D eigenvalue weighted by Crippen LogP contribution is 2.29. The Kier molecular flexibility index (Phi) is 3.54. The van der Waals surface area contributed by atoms with Gasteiger partial charge in [0.15, 0.2) is 0 Å². The Morgan fingerprint density at radius 2 is 1.76 bits per heavy atom. The van der Waals surface area contributed by atoms with Crippen molar-refractivity contribution >= 4 is 5.69 Å². The lowest BCUT2D eigenvalue weighted by Gasteiger charge is -2.35. The normalized spacial score (nSPS) is 15.4. The van der Waals surface area contributed by atoms with E-state index in [2.05, 4.69) is 0 Å². The second-order valence-corrected chi connectivity index (χ2v) is 4.90. The number of hydrogen-bond acceptors (Lipinski definition) is 4. The fourth-order valence-electron chi connectivity index (χ4n) is 1.43. The zero-order valence-electron chi connectivity index (χ0n) is 10.2. The van der Waals surface area contributed by atoms with Crippen LogP contribution in [0.2, 0.25) is 0 Å². The molecule has 17 heavy (non-hydrogen) atoms. The summed E-state index contributed by atoms with van der Waals surface area (Å²) in [5.41, 5.74) is -2.41. The Morgan fingerprint density at radius 1 is 1.24 bits per heavy atom. The quantitative estimate of drug-likeness (QED) is 0.618. The van der Waals surface area contributed by atoms with Gasteiger partial charge in [0.2, 0.25) is 0 Å². The molecular weight excluding hydrogens is 222 g/mol. The number of para-hydroxylation sites is 1. The lowest BCUT2D eigenvalue weighted by molar-refractivity contribution is -0.385. The summed E-state index contributed by atoms with van der Waals surface area (Å²) >= 11 is 0. The summed E-state index contributed by atoms with van der Waals surface area (Å²) in [6.45, 7) is 4.41. The van der Waals surface area contributed by atoms with Gasteiger partial charge < -0.3 is 10.2 Å². The van der Waals surface area contributed by atoms with Crippen molar-refractivity contribution in [2.24, 2.45) is 0 Å². The van der Waals surface area contributed by atoms with Gasteiger partial charge in [0.25, 0.3) is 5.69 Å². The molecule has 94 valence electrons. The molecule has 5 heteroatoms. The van der Waals surface area contributed by atoms with Gasteiger partial charge in [-0.3, -0.25) is 10.1 Å². The number of aliphatic hydroxyl groups is 2. The minimum atomic E-state index is -1.43. The molecule has 0 spiro atoms. The summed E-state index contributed by atoms with van der Waals surface area (Å²) in [6.07, 6.45) is 0.0215. The van der Waals surface area contributed by atoms with E-state index >= 15 is 0 Å². The van der Waals surface area contributed by atoms with Crippen molar-refractivity contribution in [3.63, 3.8) is 0 Å². The molecule has 1 unspecified atom stereocenters. The predicted molar refractivity (Wildman–Crippen MR) is 63.7 cm³/mol. The Hall–Kier alpha value is -1.46. The number of nitro benzene ring substituents is 1. The maximum Gasteiger partial charge on any atom is 0.272 e. The molecule has 0 aromatic heterocycles. The van der Waals surface area contributed by atoms with E-state index in [0.29, 0.717) is 5.56 Å². The monoisotopic (exact) mass is 239 g/mol. The number of nitro groups is 1. The van der Waals surface area contributed by atoms with E-state index in [1.807, 2.05) is 0 Å². The maximum atomic E-state index is 10.8. The Morgan fingerprint density at radius 3 is 2.24 bits per heavy atom. The molecule has 0 aliphatic heterocycles. The van der Waals surface area contributed by atoms with E-state index in [0.717, 1.165) is 0 Å². The lowest BCUT2D eigenvalue weighted by atomic mass is 9.82. The molecule has 0 aliphatic rings. The van der Waals surface area contributed by atoms with E-state index in [-0.39, 0.29) is 12.1 Å². The summed E-state index contributed by atoms with van der Waals surface area (Å²) in [6, 6.07) is 6.21. The van der Waals surface area contributed by atoms with Crippen LogP contribution in [0.25, 0.3) is 0 Å². The SMILES string of the molecule is CC(C)(O)C(C)(O)Cc1ccccc1[N+](=O)[O-]. The smallest absolute Gasteiger partial charge is 0.272 e. The van der Waals surface area contributed by atoms with Gasteiger partial charge in [-0.05, 0) is 20.8 Å². The molecule has 1 aromatic rings. The molecule has 0 saturated carbocycles. The third-order valence-electron chi connectivity index (χ3n) is 3.04. The number of nitrogens with zero attached hydrogens (tertiary/aromatic N) is 1. The molecule has 5 nitrogen and oxygen atoms in total. The molecule has 0 radical (unpaired) electrons. The zero-order chi connectivity index (χ0) is 13.3. The van der Waals surface area contributed by atoms with Crippen LogP contribution >= 0.6 is 0 Å². The topological polar surface area (TPSA) is 83.6 Å². The number of rotatable bonds is 4. The molecule has 0 bridgehead atoms. The molecule has 0 saturated heterocycles. The van der Waals surface area contributed by atoms with Gasteiger partial charge in [-0.25, -0.2) is 0 Å². The van der Waals surface area contributed by atoms with E-state index < -0.39 is 16.1 Å². The predicted octanol–water partition coefficient (Wildman–Crippen LogP) is 1.66. The van der Waals surface area contributed by atoms with Crippen LogP contribution in [0.3, 0.4) is 0 Å². The fourth-order valence-corrected chi connectivity index (χ4v) is 1.43. The first-order valence-corrected chi connectivity index (χ1v) is 5.32. The van der Waals surface area contributed by atoms with Gasteiger partial charge in [0.1, 0.15) is 0 Å². The van der Waals surface area contributed by atoms with Gasteiger partial charge in [-0.15, -0.1) is 0 Å².